The molecule has 2 nitrogen and oxygen atoms in total. The molecule has 0 aromatic heterocycles. The number of rotatable bonds is 2. The van der Waals surface area contributed by atoms with Crippen molar-refractivity contribution in [3.8, 4) is 0 Å². The normalized spacial score (nSPS) is 15.5. The van der Waals surface area contributed by atoms with Crippen molar-refractivity contribution in [2.45, 2.75) is 19.6 Å². The number of methoxy groups -OCH3 is 1. The van der Waals surface area contributed by atoms with Gasteiger partial charge in [-0.15, -0.1) is 0 Å². The summed E-state index contributed by atoms with van der Waals surface area (Å²) >= 11 is 0. The van der Waals surface area contributed by atoms with E-state index in [0.29, 0.717) is 6.61 Å². The maximum Gasteiger partial charge on any atom is 0.0713 e. The maximum atomic E-state index is 5.10. The Morgan fingerprint density at radius 3 is 3.15 bits per heavy atom. The minimum Gasteiger partial charge on any atom is -0.380 e. The van der Waals surface area contributed by atoms with Crippen LogP contribution in [0.25, 0.3) is 0 Å². The Balaban J connectivity index is 2.24. The highest BCUT2D eigenvalue weighted by molar-refractivity contribution is 5.33. The Hall–Kier alpha value is -0.860. The molecule has 0 saturated carbocycles. The smallest absolute Gasteiger partial charge is 0.0713 e. The molecule has 0 spiro atoms. The number of benzene rings is 1. The van der Waals surface area contributed by atoms with E-state index in [1.165, 1.54) is 16.7 Å². The molecule has 1 aromatic rings. The summed E-state index contributed by atoms with van der Waals surface area (Å²) in [5.41, 5.74) is 4.18. The van der Waals surface area contributed by atoms with Crippen molar-refractivity contribution in [2.24, 2.45) is 0 Å². The average molecular weight is 177 g/mol. The monoisotopic (exact) mass is 177 g/mol. The van der Waals surface area contributed by atoms with E-state index in [1.807, 2.05) is 0 Å². The quantitative estimate of drug-likeness (QED) is 0.738. The highest BCUT2D eigenvalue weighted by Gasteiger charge is 2.08. The van der Waals surface area contributed by atoms with Gasteiger partial charge in [0.05, 0.1) is 6.61 Å². The van der Waals surface area contributed by atoms with Crippen LogP contribution < -0.4 is 5.32 Å². The van der Waals surface area contributed by atoms with Crippen LogP contribution in [0, 0.1) is 0 Å². The molecule has 13 heavy (non-hydrogen) atoms. The van der Waals surface area contributed by atoms with Gasteiger partial charge in [-0.25, -0.2) is 0 Å². The Morgan fingerprint density at radius 2 is 2.31 bits per heavy atom. The molecule has 0 saturated heterocycles. The number of fused-ring (bicyclic) bond motifs is 1. The van der Waals surface area contributed by atoms with Gasteiger partial charge in [-0.1, -0.05) is 18.2 Å². The molecule has 0 atom stereocenters. The molecule has 2 heteroatoms. The van der Waals surface area contributed by atoms with Gasteiger partial charge in [-0.3, -0.25) is 0 Å². The van der Waals surface area contributed by atoms with Gasteiger partial charge in [-0.05, 0) is 29.7 Å². The lowest BCUT2D eigenvalue weighted by molar-refractivity contribution is 0.185. The van der Waals surface area contributed by atoms with Crippen molar-refractivity contribution in [1.29, 1.82) is 0 Å². The zero-order valence-corrected chi connectivity index (χ0v) is 7.97. The summed E-state index contributed by atoms with van der Waals surface area (Å²) in [6.07, 6.45) is 1.16. The van der Waals surface area contributed by atoms with Gasteiger partial charge in [-0.2, -0.15) is 0 Å². The van der Waals surface area contributed by atoms with Crippen molar-refractivity contribution in [2.75, 3.05) is 13.7 Å². The van der Waals surface area contributed by atoms with Gasteiger partial charge in [0.25, 0.3) is 0 Å². The third-order valence-corrected chi connectivity index (χ3v) is 2.47. The third-order valence-electron chi connectivity index (χ3n) is 2.47. The highest BCUT2D eigenvalue weighted by atomic mass is 16.5. The molecule has 0 amide bonds. The van der Waals surface area contributed by atoms with Crippen LogP contribution in [0.15, 0.2) is 18.2 Å². The summed E-state index contributed by atoms with van der Waals surface area (Å²) in [5.74, 6) is 0. The van der Waals surface area contributed by atoms with E-state index in [1.54, 1.807) is 7.11 Å². The van der Waals surface area contributed by atoms with Crippen molar-refractivity contribution in [1.82, 2.24) is 5.32 Å². The molecular formula is C11H15NO. The Bertz CT molecular complexity index is 296. The number of hydrogen-bond acceptors (Lipinski definition) is 2. The summed E-state index contributed by atoms with van der Waals surface area (Å²) in [7, 11) is 1.73. The van der Waals surface area contributed by atoms with Crippen molar-refractivity contribution < 1.29 is 4.74 Å². The first-order chi connectivity index (χ1) is 6.40. The average Bonchev–Trinajstić information content (AvgIpc) is 2.18. The molecular weight excluding hydrogens is 162 g/mol. The molecule has 0 aliphatic carbocycles. The zero-order valence-electron chi connectivity index (χ0n) is 7.97. The topological polar surface area (TPSA) is 21.3 Å². The number of ether oxygens (including phenoxy) is 1. The molecule has 1 aliphatic rings. The molecule has 0 fully saturated rings. The van der Waals surface area contributed by atoms with Crippen LogP contribution in [0.3, 0.4) is 0 Å². The van der Waals surface area contributed by atoms with E-state index in [9.17, 15) is 0 Å². The lowest BCUT2D eigenvalue weighted by Crippen LogP contribution is -2.23. The van der Waals surface area contributed by atoms with Crippen LogP contribution in [0.5, 0.6) is 0 Å². The first-order valence-corrected chi connectivity index (χ1v) is 4.70. The largest absolute Gasteiger partial charge is 0.380 e. The predicted molar refractivity (Wildman–Crippen MR) is 52.6 cm³/mol. The van der Waals surface area contributed by atoms with Crippen molar-refractivity contribution >= 4 is 0 Å². The molecule has 70 valence electrons. The van der Waals surface area contributed by atoms with E-state index >= 15 is 0 Å². The summed E-state index contributed by atoms with van der Waals surface area (Å²) in [6.45, 7) is 2.83. The molecule has 2 rings (SSSR count). The van der Waals surface area contributed by atoms with Crippen molar-refractivity contribution in [3.63, 3.8) is 0 Å². The van der Waals surface area contributed by atoms with Gasteiger partial charge in [0.1, 0.15) is 0 Å². The lowest BCUT2D eigenvalue weighted by Gasteiger charge is -2.17. The summed E-state index contributed by atoms with van der Waals surface area (Å²) in [4.78, 5) is 0. The Kier molecular flexibility index (Phi) is 2.62. The van der Waals surface area contributed by atoms with Gasteiger partial charge in [0.2, 0.25) is 0 Å². The van der Waals surface area contributed by atoms with Gasteiger partial charge >= 0.3 is 0 Å². The Labute approximate surface area is 78.9 Å². The van der Waals surface area contributed by atoms with Gasteiger partial charge in [0.15, 0.2) is 0 Å². The molecule has 0 radical (unpaired) electrons. The minimum absolute atomic E-state index is 0.716. The third kappa shape index (κ3) is 1.90. The SMILES string of the molecule is COCc1ccc2c(c1)CNCC2. The van der Waals surface area contributed by atoms with E-state index in [4.69, 9.17) is 4.74 Å². The first kappa shape index (κ1) is 8.73. The number of hydrogen-bond donors (Lipinski definition) is 1. The van der Waals surface area contributed by atoms with Gasteiger partial charge in [0, 0.05) is 13.7 Å². The van der Waals surface area contributed by atoms with Crippen LogP contribution >= 0.6 is 0 Å². The molecule has 0 bridgehead atoms. The van der Waals surface area contributed by atoms with Crippen LogP contribution in [-0.4, -0.2) is 13.7 Å². The second-order valence-corrected chi connectivity index (χ2v) is 3.46. The van der Waals surface area contributed by atoms with Crippen LogP contribution in [0.4, 0.5) is 0 Å². The molecule has 1 aliphatic heterocycles. The first-order valence-electron chi connectivity index (χ1n) is 4.70. The highest BCUT2D eigenvalue weighted by Crippen LogP contribution is 2.16. The molecule has 0 unspecified atom stereocenters. The maximum absolute atomic E-state index is 5.10. The fraction of sp³-hybridized carbons (Fsp3) is 0.455. The number of nitrogens with one attached hydrogen (secondary N) is 1. The second kappa shape index (κ2) is 3.90. The lowest BCUT2D eigenvalue weighted by atomic mass is 9.99. The predicted octanol–water partition coefficient (Wildman–Crippen LogP) is 1.48. The van der Waals surface area contributed by atoms with E-state index in [0.717, 1.165) is 19.5 Å². The minimum atomic E-state index is 0.716. The molecule has 1 N–H and O–H groups in total. The summed E-state index contributed by atoms with van der Waals surface area (Å²) < 4.78 is 5.10. The standard InChI is InChI=1S/C11H15NO/c1-13-8-9-2-3-10-4-5-12-7-11(10)6-9/h2-3,6,12H,4-5,7-8H2,1H3. The fourth-order valence-electron chi connectivity index (χ4n) is 1.79. The summed E-state index contributed by atoms with van der Waals surface area (Å²) in [6, 6.07) is 6.63. The molecule has 1 heterocycles. The van der Waals surface area contributed by atoms with E-state index in [2.05, 4.69) is 23.5 Å². The van der Waals surface area contributed by atoms with E-state index < -0.39 is 0 Å². The van der Waals surface area contributed by atoms with Crippen LogP contribution in [0.2, 0.25) is 0 Å². The second-order valence-electron chi connectivity index (χ2n) is 3.46. The Morgan fingerprint density at radius 1 is 1.38 bits per heavy atom. The van der Waals surface area contributed by atoms with Crippen LogP contribution in [-0.2, 0) is 24.3 Å². The zero-order chi connectivity index (χ0) is 9.10. The molecule has 1 aromatic carbocycles. The van der Waals surface area contributed by atoms with Crippen LogP contribution in [0.1, 0.15) is 16.7 Å². The fourth-order valence-corrected chi connectivity index (χ4v) is 1.79. The van der Waals surface area contributed by atoms with Gasteiger partial charge < -0.3 is 10.1 Å². The van der Waals surface area contributed by atoms with E-state index in [-0.39, 0.29) is 0 Å². The summed E-state index contributed by atoms with van der Waals surface area (Å²) in [5, 5.41) is 3.37. The van der Waals surface area contributed by atoms with Crippen molar-refractivity contribution in [3.05, 3.63) is 34.9 Å².